The van der Waals surface area contributed by atoms with E-state index in [1.54, 1.807) is 0 Å². The van der Waals surface area contributed by atoms with E-state index in [4.69, 9.17) is 5.73 Å². The first kappa shape index (κ1) is 10.6. The molecule has 0 saturated carbocycles. The molecule has 4 heteroatoms. The maximum absolute atomic E-state index is 13.7. The molecule has 2 aromatic rings. The zero-order valence-electron chi connectivity index (χ0n) is 8.43. The molecule has 0 bridgehead atoms. The van der Waals surface area contributed by atoms with Crippen molar-refractivity contribution in [1.82, 2.24) is 4.57 Å². The van der Waals surface area contributed by atoms with Gasteiger partial charge in [0.15, 0.2) is 0 Å². The van der Waals surface area contributed by atoms with Gasteiger partial charge in [0.05, 0.1) is 5.52 Å². The van der Waals surface area contributed by atoms with Gasteiger partial charge in [-0.3, -0.25) is 0 Å². The second-order valence-electron chi connectivity index (χ2n) is 3.59. The second-order valence-corrected chi connectivity index (χ2v) is 4.50. The molecule has 15 heavy (non-hydrogen) atoms. The Morgan fingerprint density at radius 3 is 2.87 bits per heavy atom. The van der Waals surface area contributed by atoms with Crippen LogP contribution in [0, 0.1) is 5.82 Å². The fourth-order valence-corrected chi connectivity index (χ4v) is 2.32. The van der Waals surface area contributed by atoms with Crippen molar-refractivity contribution in [3.63, 3.8) is 0 Å². The standard InChI is InChI=1S/C11H12BrFN2/c1-15-6-7(2-3-14)9-4-8(12)5-10(13)11(9)15/h4-6H,2-3,14H2,1H3. The van der Waals surface area contributed by atoms with Crippen LogP contribution in [0.2, 0.25) is 0 Å². The first-order chi connectivity index (χ1) is 7.13. The number of fused-ring (bicyclic) bond motifs is 1. The highest BCUT2D eigenvalue weighted by Gasteiger charge is 2.11. The summed E-state index contributed by atoms with van der Waals surface area (Å²) in [5.41, 5.74) is 7.26. The SMILES string of the molecule is Cn1cc(CCN)c2cc(Br)cc(F)c21. The number of rotatable bonds is 2. The van der Waals surface area contributed by atoms with Crippen LogP contribution in [0.15, 0.2) is 22.8 Å². The number of hydrogen-bond acceptors (Lipinski definition) is 1. The Bertz CT molecular complexity index is 505. The number of halogens is 2. The summed E-state index contributed by atoms with van der Waals surface area (Å²) in [6.07, 6.45) is 2.71. The fourth-order valence-electron chi connectivity index (χ4n) is 1.89. The molecular weight excluding hydrogens is 259 g/mol. The average molecular weight is 271 g/mol. The maximum Gasteiger partial charge on any atom is 0.148 e. The molecule has 0 fully saturated rings. The van der Waals surface area contributed by atoms with E-state index in [0.29, 0.717) is 12.1 Å². The summed E-state index contributed by atoms with van der Waals surface area (Å²) >= 11 is 3.30. The first-order valence-corrected chi connectivity index (χ1v) is 5.56. The Morgan fingerprint density at radius 1 is 1.47 bits per heavy atom. The molecule has 2 N–H and O–H groups in total. The normalized spacial score (nSPS) is 11.2. The maximum atomic E-state index is 13.7. The van der Waals surface area contributed by atoms with Gasteiger partial charge in [-0.25, -0.2) is 4.39 Å². The van der Waals surface area contributed by atoms with Crippen LogP contribution in [0.3, 0.4) is 0 Å². The summed E-state index contributed by atoms with van der Waals surface area (Å²) < 4.78 is 16.2. The van der Waals surface area contributed by atoms with Crippen molar-refractivity contribution in [3.8, 4) is 0 Å². The molecule has 0 unspecified atom stereocenters. The van der Waals surface area contributed by atoms with Crippen molar-refractivity contribution in [2.24, 2.45) is 12.8 Å². The van der Waals surface area contributed by atoms with Gasteiger partial charge < -0.3 is 10.3 Å². The van der Waals surface area contributed by atoms with Gasteiger partial charge in [-0.2, -0.15) is 0 Å². The minimum atomic E-state index is -0.204. The Balaban J connectivity index is 2.75. The molecule has 2 nitrogen and oxygen atoms in total. The summed E-state index contributed by atoms with van der Waals surface area (Å²) in [5.74, 6) is -0.204. The van der Waals surface area contributed by atoms with E-state index in [9.17, 15) is 4.39 Å². The molecule has 0 aliphatic heterocycles. The summed E-state index contributed by atoms with van der Waals surface area (Å²) in [5, 5.41) is 0.940. The minimum Gasteiger partial charge on any atom is -0.348 e. The topological polar surface area (TPSA) is 30.9 Å². The van der Waals surface area contributed by atoms with Gasteiger partial charge in [0.25, 0.3) is 0 Å². The molecule has 0 atom stereocenters. The van der Waals surface area contributed by atoms with Crippen LogP contribution in [-0.4, -0.2) is 11.1 Å². The molecular formula is C11H12BrFN2. The van der Waals surface area contributed by atoms with E-state index >= 15 is 0 Å². The predicted molar refractivity (Wildman–Crippen MR) is 63.3 cm³/mol. The number of benzene rings is 1. The van der Waals surface area contributed by atoms with Crippen LogP contribution < -0.4 is 5.73 Å². The highest BCUT2D eigenvalue weighted by atomic mass is 79.9. The summed E-state index contributed by atoms with van der Waals surface area (Å²) in [6, 6.07) is 3.41. The van der Waals surface area contributed by atoms with Crippen molar-refractivity contribution < 1.29 is 4.39 Å². The lowest BCUT2D eigenvalue weighted by Gasteiger charge is -1.99. The van der Waals surface area contributed by atoms with Gasteiger partial charge in [0.1, 0.15) is 5.82 Å². The lowest BCUT2D eigenvalue weighted by atomic mass is 10.1. The van der Waals surface area contributed by atoms with Gasteiger partial charge in [0.2, 0.25) is 0 Å². The van der Waals surface area contributed by atoms with Gasteiger partial charge >= 0.3 is 0 Å². The second kappa shape index (κ2) is 3.94. The number of aromatic nitrogens is 1. The van der Waals surface area contributed by atoms with Gasteiger partial charge in [-0.05, 0) is 30.7 Å². The van der Waals surface area contributed by atoms with Crippen molar-refractivity contribution in [2.45, 2.75) is 6.42 Å². The van der Waals surface area contributed by atoms with E-state index in [2.05, 4.69) is 15.9 Å². The van der Waals surface area contributed by atoms with E-state index in [-0.39, 0.29) is 5.82 Å². The van der Waals surface area contributed by atoms with Gasteiger partial charge in [-0.15, -0.1) is 0 Å². The number of nitrogens with zero attached hydrogens (tertiary/aromatic N) is 1. The molecule has 0 saturated heterocycles. The number of nitrogens with two attached hydrogens (primary N) is 1. The summed E-state index contributed by atoms with van der Waals surface area (Å²) in [6.45, 7) is 0.577. The minimum absolute atomic E-state index is 0.204. The third kappa shape index (κ3) is 1.79. The molecule has 0 aliphatic carbocycles. The first-order valence-electron chi connectivity index (χ1n) is 4.76. The van der Waals surface area contributed by atoms with E-state index < -0.39 is 0 Å². The molecule has 1 aromatic carbocycles. The summed E-state index contributed by atoms with van der Waals surface area (Å²) in [4.78, 5) is 0. The van der Waals surface area contributed by atoms with Crippen LogP contribution >= 0.6 is 15.9 Å². The smallest absolute Gasteiger partial charge is 0.148 e. The van der Waals surface area contributed by atoms with Crippen LogP contribution in [0.5, 0.6) is 0 Å². The van der Waals surface area contributed by atoms with Crippen molar-refractivity contribution in [3.05, 3.63) is 34.2 Å². The largest absolute Gasteiger partial charge is 0.348 e. The molecule has 0 amide bonds. The monoisotopic (exact) mass is 270 g/mol. The lowest BCUT2D eigenvalue weighted by Crippen LogP contribution is -2.01. The van der Waals surface area contributed by atoms with Gasteiger partial charge in [0, 0.05) is 23.1 Å². The molecule has 0 radical (unpaired) electrons. The van der Waals surface area contributed by atoms with E-state index in [0.717, 1.165) is 21.8 Å². The molecule has 1 aromatic heterocycles. The summed E-state index contributed by atoms with van der Waals surface area (Å²) in [7, 11) is 1.85. The Labute approximate surface area is 96.0 Å². The van der Waals surface area contributed by atoms with Crippen LogP contribution in [0.1, 0.15) is 5.56 Å². The van der Waals surface area contributed by atoms with E-state index in [1.807, 2.05) is 23.9 Å². The molecule has 0 spiro atoms. The molecule has 1 heterocycles. The Morgan fingerprint density at radius 2 is 2.20 bits per heavy atom. The average Bonchev–Trinajstić information content (AvgIpc) is 2.43. The lowest BCUT2D eigenvalue weighted by molar-refractivity contribution is 0.631. The predicted octanol–water partition coefficient (Wildman–Crippen LogP) is 2.58. The van der Waals surface area contributed by atoms with Gasteiger partial charge in [-0.1, -0.05) is 15.9 Å². The van der Waals surface area contributed by atoms with Crippen molar-refractivity contribution >= 4 is 26.8 Å². The third-order valence-corrected chi connectivity index (χ3v) is 2.95. The quantitative estimate of drug-likeness (QED) is 0.894. The zero-order valence-corrected chi connectivity index (χ0v) is 10.0. The number of aryl methyl sites for hydroxylation is 1. The highest BCUT2D eigenvalue weighted by Crippen LogP contribution is 2.27. The fraction of sp³-hybridized carbons (Fsp3) is 0.273. The van der Waals surface area contributed by atoms with E-state index in [1.165, 1.54) is 6.07 Å². The molecule has 2 rings (SSSR count). The van der Waals surface area contributed by atoms with Crippen molar-refractivity contribution in [1.29, 1.82) is 0 Å². The number of hydrogen-bond donors (Lipinski definition) is 1. The Hall–Kier alpha value is -0.870. The van der Waals surface area contributed by atoms with Crippen molar-refractivity contribution in [2.75, 3.05) is 6.54 Å². The third-order valence-electron chi connectivity index (χ3n) is 2.49. The van der Waals surface area contributed by atoms with Crippen LogP contribution in [-0.2, 0) is 13.5 Å². The van der Waals surface area contributed by atoms with Crippen LogP contribution in [0.4, 0.5) is 4.39 Å². The highest BCUT2D eigenvalue weighted by molar-refractivity contribution is 9.10. The Kier molecular flexibility index (Phi) is 2.80. The molecule has 0 aliphatic rings. The molecule has 80 valence electrons. The zero-order chi connectivity index (χ0) is 11.0. The van der Waals surface area contributed by atoms with Crippen LogP contribution in [0.25, 0.3) is 10.9 Å².